The van der Waals surface area contributed by atoms with Crippen molar-refractivity contribution in [3.8, 4) is 0 Å². The number of fused-ring (bicyclic) bond motifs is 1. The van der Waals surface area contributed by atoms with Crippen molar-refractivity contribution in [1.29, 1.82) is 0 Å². The van der Waals surface area contributed by atoms with E-state index in [0.717, 1.165) is 78.9 Å². The highest BCUT2D eigenvalue weighted by atomic mass is 16.5. The van der Waals surface area contributed by atoms with Crippen LogP contribution in [0.1, 0.15) is 48.2 Å². The molecule has 0 radical (unpaired) electrons. The Labute approximate surface area is 193 Å². The van der Waals surface area contributed by atoms with E-state index in [9.17, 15) is 4.79 Å². The van der Waals surface area contributed by atoms with Gasteiger partial charge in [0.2, 0.25) is 0 Å². The summed E-state index contributed by atoms with van der Waals surface area (Å²) in [6.45, 7) is 8.17. The Morgan fingerprint density at radius 2 is 1.88 bits per heavy atom. The van der Waals surface area contributed by atoms with Crippen molar-refractivity contribution < 1.29 is 9.47 Å². The average molecular weight is 453 g/mol. The third-order valence-corrected chi connectivity index (χ3v) is 6.64. The van der Waals surface area contributed by atoms with E-state index in [1.165, 1.54) is 0 Å². The van der Waals surface area contributed by atoms with Gasteiger partial charge < -0.3 is 14.5 Å². The van der Waals surface area contributed by atoms with Crippen LogP contribution in [0.3, 0.4) is 0 Å². The van der Waals surface area contributed by atoms with Gasteiger partial charge in [0.25, 0.3) is 5.56 Å². The summed E-state index contributed by atoms with van der Waals surface area (Å²) < 4.78 is 13.5. The zero-order valence-electron chi connectivity index (χ0n) is 19.4. The molecule has 1 N–H and O–H groups in total. The quantitative estimate of drug-likeness (QED) is 0.561. The van der Waals surface area contributed by atoms with Crippen LogP contribution in [0.4, 0.5) is 0 Å². The lowest BCUT2D eigenvalue weighted by Crippen LogP contribution is -2.34. The number of nitrogens with one attached hydrogen (secondary N) is 1. The fourth-order valence-corrected chi connectivity index (χ4v) is 5.00. The number of ether oxygens (including phenoxy) is 2. The Kier molecular flexibility index (Phi) is 6.52. The van der Waals surface area contributed by atoms with E-state index < -0.39 is 0 Å². The van der Waals surface area contributed by atoms with Gasteiger partial charge in [-0.15, -0.1) is 5.10 Å². The predicted molar refractivity (Wildman–Crippen MR) is 124 cm³/mol. The molecule has 0 aliphatic carbocycles. The highest BCUT2D eigenvalue weighted by Gasteiger charge is 2.24. The summed E-state index contributed by atoms with van der Waals surface area (Å²) in [7, 11) is 0. The fraction of sp³-hybridized carbons (Fsp3) is 0.583. The van der Waals surface area contributed by atoms with Gasteiger partial charge in [-0.1, -0.05) is 6.07 Å². The second-order valence-corrected chi connectivity index (χ2v) is 9.38. The summed E-state index contributed by atoms with van der Waals surface area (Å²) in [6.07, 6.45) is 4.54. The van der Waals surface area contributed by atoms with Crippen molar-refractivity contribution >= 4 is 10.9 Å². The van der Waals surface area contributed by atoms with Crippen LogP contribution in [-0.2, 0) is 29.1 Å². The van der Waals surface area contributed by atoms with E-state index in [-0.39, 0.29) is 17.8 Å². The van der Waals surface area contributed by atoms with Gasteiger partial charge >= 0.3 is 0 Å². The summed E-state index contributed by atoms with van der Waals surface area (Å²) in [5.74, 6) is 0.785. The van der Waals surface area contributed by atoms with Crippen LogP contribution >= 0.6 is 0 Å². The lowest BCUT2D eigenvalue weighted by atomic mass is 10.0. The fourth-order valence-electron chi connectivity index (χ4n) is 5.00. The molecule has 33 heavy (non-hydrogen) atoms. The van der Waals surface area contributed by atoms with Gasteiger partial charge in [0, 0.05) is 42.8 Å². The summed E-state index contributed by atoms with van der Waals surface area (Å²) in [6, 6.07) is 6.20. The van der Waals surface area contributed by atoms with E-state index >= 15 is 0 Å². The zero-order valence-corrected chi connectivity index (χ0v) is 19.4. The van der Waals surface area contributed by atoms with Gasteiger partial charge in [-0.3, -0.25) is 9.69 Å². The molecule has 4 heterocycles. The number of benzene rings is 1. The summed E-state index contributed by atoms with van der Waals surface area (Å²) in [5.41, 5.74) is 3.87. The number of hydrogen-bond acceptors (Lipinski definition) is 7. The van der Waals surface area contributed by atoms with Crippen LogP contribution in [0, 0.1) is 13.8 Å². The molecule has 5 rings (SSSR count). The molecule has 2 aliphatic rings. The molecule has 9 nitrogen and oxygen atoms in total. The normalized spacial score (nSPS) is 20.9. The third-order valence-electron chi connectivity index (χ3n) is 6.64. The molecule has 0 saturated carbocycles. The minimum Gasteiger partial charge on any atom is -0.377 e. The minimum atomic E-state index is -0.0520. The number of aryl methyl sites for hydroxylation is 2. The average Bonchev–Trinajstić information content (AvgIpc) is 3.54. The molecule has 1 aromatic carbocycles. The van der Waals surface area contributed by atoms with Crippen LogP contribution in [0.5, 0.6) is 0 Å². The van der Waals surface area contributed by atoms with Gasteiger partial charge in [0.15, 0.2) is 5.82 Å². The van der Waals surface area contributed by atoms with E-state index in [1.54, 1.807) is 0 Å². The van der Waals surface area contributed by atoms with Crippen molar-refractivity contribution in [3.05, 3.63) is 51.1 Å². The van der Waals surface area contributed by atoms with Crippen LogP contribution in [-0.4, -0.2) is 62.1 Å². The van der Waals surface area contributed by atoms with E-state index in [1.807, 2.05) is 23.7 Å². The maximum absolute atomic E-state index is 13.0. The number of H-pyrrole nitrogens is 1. The van der Waals surface area contributed by atoms with Gasteiger partial charge in [0.1, 0.15) is 0 Å². The topological polar surface area (TPSA) is 98.2 Å². The number of nitrogens with zero attached hydrogens (tertiary/aromatic N) is 5. The van der Waals surface area contributed by atoms with Crippen LogP contribution in [0.2, 0.25) is 0 Å². The monoisotopic (exact) mass is 452 g/mol. The molecule has 2 atom stereocenters. The first-order valence-electron chi connectivity index (χ1n) is 11.9. The van der Waals surface area contributed by atoms with Gasteiger partial charge in [-0.05, 0) is 73.2 Å². The zero-order chi connectivity index (χ0) is 22.8. The van der Waals surface area contributed by atoms with E-state index in [0.29, 0.717) is 19.6 Å². The molecule has 176 valence electrons. The standard InChI is InChI=1S/C24H32N6O3/c1-16-9-17(2)21-11-18(24(31)25-22(21)10-16)12-29(13-19-5-3-7-32-19)15-23-26-27-28-30(23)14-20-6-4-8-33-20/h9-11,19-20H,3-8,12-15H2,1-2H3,(H,25,31). The Hall–Kier alpha value is -2.62. The number of aromatic nitrogens is 5. The molecule has 0 spiro atoms. The number of tetrazole rings is 1. The molecule has 2 fully saturated rings. The van der Waals surface area contributed by atoms with Crippen molar-refractivity contribution in [2.24, 2.45) is 0 Å². The van der Waals surface area contributed by atoms with E-state index in [2.05, 4.69) is 38.4 Å². The molecule has 2 unspecified atom stereocenters. The molecule has 2 aliphatic heterocycles. The highest BCUT2D eigenvalue weighted by molar-refractivity contribution is 5.83. The highest BCUT2D eigenvalue weighted by Crippen LogP contribution is 2.21. The van der Waals surface area contributed by atoms with Gasteiger partial charge in [-0.2, -0.15) is 0 Å². The Bertz CT molecular complexity index is 1160. The van der Waals surface area contributed by atoms with Crippen LogP contribution < -0.4 is 5.56 Å². The van der Waals surface area contributed by atoms with E-state index in [4.69, 9.17) is 9.47 Å². The number of rotatable bonds is 8. The lowest BCUT2D eigenvalue weighted by Gasteiger charge is -2.25. The Balaban J connectivity index is 1.40. The second-order valence-electron chi connectivity index (χ2n) is 9.38. The molecule has 2 aromatic heterocycles. The Morgan fingerprint density at radius 3 is 2.64 bits per heavy atom. The number of pyridine rings is 1. The van der Waals surface area contributed by atoms with Crippen molar-refractivity contribution in [3.63, 3.8) is 0 Å². The van der Waals surface area contributed by atoms with Crippen molar-refractivity contribution in [2.75, 3.05) is 19.8 Å². The SMILES string of the molecule is Cc1cc(C)c2cc(CN(Cc3nnnn3CC3CCCO3)CC3CCCO3)c(=O)[nH]c2c1. The Morgan fingerprint density at radius 1 is 1.09 bits per heavy atom. The predicted octanol–water partition coefficient (Wildman–Crippen LogP) is 2.49. The second kappa shape index (κ2) is 9.70. The summed E-state index contributed by atoms with van der Waals surface area (Å²) in [4.78, 5) is 18.3. The molecule has 9 heteroatoms. The molecule has 0 amide bonds. The van der Waals surface area contributed by atoms with Crippen LogP contribution in [0.15, 0.2) is 23.0 Å². The lowest BCUT2D eigenvalue weighted by molar-refractivity contribution is 0.0647. The van der Waals surface area contributed by atoms with Crippen molar-refractivity contribution in [2.45, 2.75) is 71.4 Å². The molecular weight excluding hydrogens is 420 g/mol. The maximum atomic E-state index is 13.0. The maximum Gasteiger partial charge on any atom is 0.252 e. The van der Waals surface area contributed by atoms with Gasteiger partial charge in [-0.25, -0.2) is 4.68 Å². The molecule has 3 aromatic rings. The third kappa shape index (κ3) is 5.15. The van der Waals surface area contributed by atoms with Gasteiger partial charge in [0.05, 0.1) is 25.3 Å². The van der Waals surface area contributed by atoms with Crippen molar-refractivity contribution in [1.82, 2.24) is 30.1 Å². The largest absolute Gasteiger partial charge is 0.377 e. The minimum absolute atomic E-state index is 0.0520. The summed E-state index contributed by atoms with van der Waals surface area (Å²) in [5, 5.41) is 13.5. The molecule has 2 saturated heterocycles. The smallest absolute Gasteiger partial charge is 0.252 e. The number of hydrogen-bond donors (Lipinski definition) is 1. The van der Waals surface area contributed by atoms with Crippen LogP contribution in [0.25, 0.3) is 10.9 Å². The summed E-state index contributed by atoms with van der Waals surface area (Å²) >= 11 is 0. The molecule has 0 bridgehead atoms. The first-order chi connectivity index (χ1) is 16.0. The first kappa shape index (κ1) is 22.2. The number of aromatic amines is 1. The first-order valence-corrected chi connectivity index (χ1v) is 11.9. The molecular formula is C24H32N6O3.